The zero-order valence-corrected chi connectivity index (χ0v) is 10.7. The molecule has 1 saturated carbocycles. The van der Waals surface area contributed by atoms with Crippen LogP contribution in [0.15, 0.2) is 18.2 Å². The summed E-state index contributed by atoms with van der Waals surface area (Å²) in [5.74, 6) is -0.973. The lowest BCUT2D eigenvalue weighted by molar-refractivity contribution is 0.0698. The van der Waals surface area contributed by atoms with E-state index >= 15 is 0 Å². The lowest BCUT2D eigenvalue weighted by Crippen LogP contribution is -2.33. The minimum Gasteiger partial charge on any atom is -0.478 e. The molecule has 0 heterocycles. The summed E-state index contributed by atoms with van der Waals surface area (Å²) >= 11 is 0. The molecule has 0 amide bonds. The predicted octanol–water partition coefficient (Wildman–Crippen LogP) is 2.74. The normalized spacial score (nSPS) is 16.5. The number of nitrogens with zero attached hydrogens (tertiary/aromatic N) is 1. The van der Waals surface area contributed by atoms with Gasteiger partial charge < -0.3 is 15.7 Å². The van der Waals surface area contributed by atoms with Crippen LogP contribution in [0.1, 0.15) is 42.5 Å². The highest BCUT2D eigenvalue weighted by atomic mass is 16.4. The average Bonchev–Trinajstić information content (AvgIpc) is 2.38. The monoisotopic (exact) mass is 248 g/mol. The molecule has 98 valence electrons. The first-order chi connectivity index (χ1) is 8.59. The summed E-state index contributed by atoms with van der Waals surface area (Å²) in [7, 11) is 2.06. The molecule has 1 fully saturated rings. The van der Waals surface area contributed by atoms with E-state index in [1.54, 1.807) is 12.1 Å². The Labute approximate surface area is 107 Å². The van der Waals surface area contributed by atoms with Gasteiger partial charge in [0.25, 0.3) is 0 Å². The van der Waals surface area contributed by atoms with E-state index in [1.807, 2.05) is 6.07 Å². The first kappa shape index (κ1) is 12.7. The van der Waals surface area contributed by atoms with Gasteiger partial charge in [0.1, 0.15) is 0 Å². The topological polar surface area (TPSA) is 66.6 Å². The molecule has 1 aromatic carbocycles. The molecule has 1 aromatic rings. The fraction of sp³-hybridized carbons (Fsp3) is 0.500. The fourth-order valence-corrected chi connectivity index (χ4v) is 2.64. The van der Waals surface area contributed by atoms with E-state index in [4.69, 9.17) is 10.8 Å². The van der Waals surface area contributed by atoms with Crippen LogP contribution in [0.2, 0.25) is 0 Å². The van der Waals surface area contributed by atoms with Crippen molar-refractivity contribution >= 4 is 17.3 Å². The second kappa shape index (κ2) is 5.29. The number of hydrogen-bond acceptors (Lipinski definition) is 3. The number of benzene rings is 1. The lowest BCUT2D eigenvalue weighted by atomic mass is 9.94. The molecule has 0 radical (unpaired) electrons. The number of carbonyl (C=O) groups is 1. The van der Waals surface area contributed by atoms with Gasteiger partial charge in [-0.1, -0.05) is 19.3 Å². The number of nitrogen functional groups attached to an aromatic ring is 1. The van der Waals surface area contributed by atoms with Gasteiger partial charge in [0.2, 0.25) is 0 Å². The van der Waals surface area contributed by atoms with Crippen LogP contribution >= 0.6 is 0 Å². The number of rotatable bonds is 3. The summed E-state index contributed by atoms with van der Waals surface area (Å²) in [5.41, 5.74) is 7.30. The highest BCUT2D eigenvalue weighted by molar-refractivity contribution is 5.94. The van der Waals surface area contributed by atoms with Gasteiger partial charge in [0.05, 0.1) is 5.56 Å². The number of nitrogens with two attached hydrogens (primary N) is 1. The highest BCUT2D eigenvalue weighted by Crippen LogP contribution is 2.28. The van der Waals surface area contributed by atoms with E-state index in [2.05, 4.69) is 11.9 Å². The fourth-order valence-electron chi connectivity index (χ4n) is 2.64. The van der Waals surface area contributed by atoms with E-state index in [0.717, 1.165) is 5.69 Å². The Balaban J connectivity index is 2.17. The molecule has 1 aliphatic rings. The minimum absolute atomic E-state index is 0.177. The van der Waals surface area contributed by atoms with Crippen LogP contribution in [0.25, 0.3) is 0 Å². The lowest BCUT2D eigenvalue weighted by Gasteiger charge is -2.33. The third-order valence-electron chi connectivity index (χ3n) is 3.80. The molecule has 0 bridgehead atoms. The molecule has 0 aromatic heterocycles. The van der Waals surface area contributed by atoms with E-state index in [9.17, 15) is 4.79 Å². The SMILES string of the molecule is CN(c1ccc(C(=O)O)c(N)c1)C1CCCCC1. The van der Waals surface area contributed by atoms with Crippen molar-refractivity contribution in [1.29, 1.82) is 0 Å². The van der Waals surface area contributed by atoms with Crippen molar-refractivity contribution in [2.24, 2.45) is 0 Å². The molecule has 1 aliphatic carbocycles. The Hall–Kier alpha value is -1.71. The summed E-state index contributed by atoms with van der Waals surface area (Å²) in [6.07, 6.45) is 6.29. The zero-order valence-electron chi connectivity index (χ0n) is 10.7. The third kappa shape index (κ3) is 2.58. The standard InChI is InChI=1S/C14H20N2O2/c1-16(10-5-3-2-4-6-10)11-7-8-12(14(17)18)13(15)9-11/h7-10H,2-6,15H2,1H3,(H,17,18). The molecule has 0 unspecified atom stereocenters. The highest BCUT2D eigenvalue weighted by Gasteiger charge is 2.19. The van der Waals surface area contributed by atoms with Gasteiger partial charge in [-0.25, -0.2) is 4.79 Å². The molecule has 0 spiro atoms. The van der Waals surface area contributed by atoms with Crippen LogP contribution in [0.3, 0.4) is 0 Å². The molecule has 0 aliphatic heterocycles. The summed E-state index contributed by atoms with van der Waals surface area (Å²) in [6, 6.07) is 5.74. The van der Waals surface area contributed by atoms with E-state index in [-0.39, 0.29) is 5.56 Å². The van der Waals surface area contributed by atoms with Crippen molar-refractivity contribution in [1.82, 2.24) is 0 Å². The molecule has 4 nitrogen and oxygen atoms in total. The van der Waals surface area contributed by atoms with E-state index in [1.165, 1.54) is 32.1 Å². The average molecular weight is 248 g/mol. The summed E-state index contributed by atoms with van der Waals surface area (Å²) < 4.78 is 0. The Morgan fingerprint density at radius 2 is 2.00 bits per heavy atom. The van der Waals surface area contributed by atoms with Crippen molar-refractivity contribution in [2.45, 2.75) is 38.1 Å². The van der Waals surface area contributed by atoms with Gasteiger partial charge >= 0.3 is 5.97 Å². The largest absolute Gasteiger partial charge is 0.478 e. The summed E-state index contributed by atoms with van der Waals surface area (Å²) in [5, 5.41) is 8.95. The van der Waals surface area contributed by atoms with Crippen molar-refractivity contribution < 1.29 is 9.90 Å². The van der Waals surface area contributed by atoms with Gasteiger partial charge in [-0.3, -0.25) is 0 Å². The van der Waals surface area contributed by atoms with Crippen molar-refractivity contribution in [3.8, 4) is 0 Å². The van der Waals surface area contributed by atoms with Crippen LogP contribution in [0.4, 0.5) is 11.4 Å². The Kier molecular flexibility index (Phi) is 3.75. The van der Waals surface area contributed by atoms with Gasteiger partial charge in [0.15, 0.2) is 0 Å². The molecule has 4 heteroatoms. The van der Waals surface area contributed by atoms with Crippen LogP contribution in [-0.2, 0) is 0 Å². The quantitative estimate of drug-likeness (QED) is 0.807. The Bertz CT molecular complexity index is 439. The van der Waals surface area contributed by atoms with Gasteiger partial charge in [0, 0.05) is 24.5 Å². The molecular formula is C14H20N2O2. The second-order valence-electron chi connectivity index (χ2n) is 4.98. The number of carboxylic acid groups (broad SMARTS) is 1. The van der Waals surface area contributed by atoms with Crippen LogP contribution in [0.5, 0.6) is 0 Å². The molecule has 0 atom stereocenters. The third-order valence-corrected chi connectivity index (χ3v) is 3.80. The number of aromatic carboxylic acids is 1. The molecule has 0 saturated heterocycles. The number of hydrogen-bond donors (Lipinski definition) is 2. The first-order valence-electron chi connectivity index (χ1n) is 6.45. The molecule has 2 rings (SSSR count). The molecular weight excluding hydrogens is 228 g/mol. The summed E-state index contributed by atoms with van der Waals surface area (Å²) in [4.78, 5) is 13.1. The maximum atomic E-state index is 10.9. The number of anilines is 2. The van der Waals surface area contributed by atoms with Crippen LogP contribution in [0, 0.1) is 0 Å². The van der Waals surface area contributed by atoms with E-state index < -0.39 is 5.97 Å². The van der Waals surface area contributed by atoms with Gasteiger partial charge in [-0.15, -0.1) is 0 Å². The predicted molar refractivity (Wildman–Crippen MR) is 73.1 cm³/mol. The Morgan fingerprint density at radius 3 is 2.56 bits per heavy atom. The maximum Gasteiger partial charge on any atom is 0.337 e. The second-order valence-corrected chi connectivity index (χ2v) is 4.98. The first-order valence-corrected chi connectivity index (χ1v) is 6.45. The van der Waals surface area contributed by atoms with Crippen LogP contribution < -0.4 is 10.6 Å². The van der Waals surface area contributed by atoms with E-state index in [0.29, 0.717) is 11.7 Å². The van der Waals surface area contributed by atoms with Crippen molar-refractivity contribution in [2.75, 3.05) is 17.7 Å². The minimum atomic E-state index is -0.973. The smallest absolute Gasteiger partial charge is 0.337 e. The maximum absolute atomic E-state index is 10.9. The van der Waals surface area contributed by atoms with Gasteiger partial charge in [-0.05, 0) is 31.0 Å². The molecule has 18 heavy (non-hydrogen) atoms. The summed E-state index contributed by atoms with van der Waals surface area (Å²) in [6.45, 7) is 0. The molecule has 3 N–H and O–H groups in total. The zero-order chi connectivity index (χ0) is 13.1. The van der Waals surface area contributed by atoms with Crippen molar-refractivity contribution in [3.05, 3.63) is 23.8 Å². The van der Waals surface area contributed by atoms with Crippen LogP contribution in [-0.4, -0.2) is 24.2 Å². The van der Waals surface area contributed by atoms with Gasteiger partial charge in [-0.2, -0.15) is 0 Å². The Morgan fingerprint density at radius 1 is 1.33 bits per heavy atom. The van der Waals surface area contributed by atoms with Crippen molar-refractivity contribution in [3.63, 3.8) is 0 Å². The number of carboxylic acids is 1.